The first-order valence-electron chi connectivity index (χ1n) is 5.93. The number of para-hydroxylation sites is 1. The van der Waals surface area contributed by atoms with Gasteiger partial charge in [-0.2, -0.15) is 5.10 Å². The number of hydrogen-bond acceptors (Lipinski definition) is 3. The van der Waals surface area contributed by atoms with Gasteiger partial charge in [0.2, 0.25) is 0 Å². The van der Waals surface area contributed by atoms with Crippen molar-refractivity contribution in [1.82, 2.24) is 15.1 Å². The second-order valence-corrected chi connectivity index (χ2v) is 4.32. The minimum absolute atomic E-state index is 0.805. The summed E-state index contributed by atoms with van der Waals surface area (Å²) in [5.41, 5.74) is 4.04. The molecule has 0 radical (unpaired) electrons. The average Bonchev–Trinajstić information content (AvgIpc) is 2.94. The van der Waals surface area contributed by atoms with Crippen LogP contribution in [-0.4, -0.2) is 16.8 Å². The Morgan fingerprint density at radius 1 is 1.33 bits per heavy atom. The molecule has 0 amide bonds. The van der Waals surface area contributed by atoms with E-state index in [1.165, 1.54) is 0 Å². The number of hydrogen-bond donors (Lipinski definition) is 1. The SMILES string of the molecule is CNCc1cc(-c2coc3ccccc23)nn1C. The molecule has 0 bridgehead atoms. The predicted octanol–water partition coefficient (Wildman–Crippen LogP) is 2.55. The van der Waals surface area contributed by atoms with Gasteiger partial charge in [0, 0.05) is 24.5 Å². The van der Waals surface area contributed by atoms with Crippen LogP contribution in [0.25, 0.3) is 22.2 Å². The van der Waals surface area contributed by atoms with E-state index in [0.29, 0.717) is 0 Å². The second-order valence-electron chi connectivity index (χ2n) is 4.32. The zero-order chi connectivity index (χ0) is 12.5. The van der Waals surface area contributed by atoms with Gasteiger partial charge in [-0.25, -0.2) is 0 Å². The zero-order valence-electron chi connectivity index (χ0n) is 10.5. The van der Waals surface area contributed by atoms with Gasteiger partial charge in [-0.3, -0.25) is 4.68 Å². The summed E-state index contributed by atoms with van der Waals surface area (Å²) in [6, 6.07) is 10.1. The highest BCUT2D eigenvalue weighted by Crippen LogP contribution is 2.29. The topological polar surface area (TPSA) is 43.0 Å². The van der Waals surface area contributed by atoms with E-state index in [9.17, 15) is 0 Å². The first kappa shape index (κ1) is 11.0. The Balaban J connectivity index is 2.11. The van der Waals surface area contributed by atoms with Crippen LogP contribution >= 0.6 is 0 Å². The van der Waals surface area contributed by atoms with E-state index in [1.54, 1.807) is 6.26 Å². The molecule has 1 N–H and O–H groups in total. The summed E-state index contributed by atoms with van der Waals surface area (Å²) >= 11 is 0. The minimum Gasteiger partial charge on any atom is -0.464 e. The highest BCUT2D eigenvalue weighted by Gasteiger charge is 2.12. The lowest BCUT2D eigenvalue weighted by molar-refractivity contribution is 0.616. The molecular weight excluding hydrogens is 226 g/mol. The highest BCUT2D eigenvalue weighted by molar-refractivity contribution is 5.92. The number of aromatic nitrogens is 2. The number of benzene rings is 1. The van der Waals surface area contributed by atoms with Gasteiger partial charge in [0.15, 0.2) is 0 Å². The van der Waals surface area contributed by atoms with Crippen molar-refractivity contribution in [3.8, 4) is 11.3 Å². The molecule has 0 saturated heterocycles. The molecule has 0 unspecified atom stereocenters. The third kappa shape index (κ3) is 1.71. The molecule has 0 aliphatic rings. The summed E-state index contributed by atoms with van der Waals surface area (Å²) < 4.78 is 7.44. The number of aryl methyl sites for hydroxylation is 1. The van der Waals surface area contributed by atoms with Crippen LogP contribution in [0, 0.1) is 0 Å². The van der Waals surface area contributed by atoms with E-state index in [2.05, 4.69) is 22.5 Å². The van der Waals surface area contributed by atoms with Crippen LogP contribution < -0.4 is 5.32 Å². The number of rotatable bonds is 3. The fraction of sp³-hybridized carbons (Fsp3) is 0.214. The summed E-state index contributed by atoms with van der Waals surface area (Å²) in [6.45, 7) is 0.805. The Morgan fingerprint density at radius 2 is 2.17 bits per heavy atom. The Hall–Kier alpha value is -2.07. The maximum Gasteiger partial charge on any atom is 0.134 e. The molecule has 3 rings (SSSR count). The molecule has 0 aliphatic carbocycles. The van der Waals surface area contributed by atoms with Crippen molar-refractivity contribution in [3.05, 3.63) is 42.3 Å². The fourth-order valence-electron chi connectivity index (χ4n) is 2.16. The monoisotopic (exact) mass is 241 g/mol. The van der Waals surface area contributed by atoms with E-state index >= 15 is 0 Å². The average molecular weight is 241 g/mol. The molecule has 4 nitrogen and oxygen atoms in total. The van der Waals surface area contributed by atoms with Crippen molar-refractivity contribution < 1.29 is 4.42 Å². The molecule has 0 aliphatic heterocycles. The van der Waals surface area contributed by atoms with Crippen molar-refractivity contribution in [3.63, 3.8) is 0 Å². The first-order valence-corrected chi connectivity index (χ1v) is 5.93. The Kier molecular flexibility index (Phi) is 2.64. The molecular formula is C14H15N3O. The Bertz CT molecular complexity index is 681. The molecule has 1 aromatic carbocycles. The van der Waals surface area contributed by atoms with Crippen LogP contribution in [0.5, 0.6) is 0 Å². The molecule has 0 spiro atoms. The van der Waals surface area contributed by atoms with E-state index in [4.69, 9.17) is 4.42 Å². The van der Waals surface area contributed by atoms with Crippen LogP contribution in [0.1, 0.15) is 5.69 Å². The molecule has 2 aromatic heterocycles. The van der Waals surface area contributed by atoms with Crippen molar-refractivity contribution in [2.24, 2.45) is 7.05 Å². The summed E-state index contributed by atoms with van der Waals surface area (Å²) in [6.07, 6.45) is 1.77. The smallest absolute Gasteiger partial charge is 0.134 e. The summed E-state index contributed by atoms with van der Waals surface area (Å²) in [4.78, 5) is 0. The quantitative estimate of drug-likeness (QED) is 0.766. The molecule has 0 atom stereocenters. The predicted molar refractivity (Wildman–Crippen MR) is 71.2 cm³/mol. The van der Waals surface area contributed by atoms with Gasteiger partial charge in [0.05, 0.1) is 11.4 Å². The summed E-state index contributed by atoms with van der Waals surface area (Å²) in [7, 11) is 3.89. The minimum atomic E-state index is 0.805. The van der Waals surface area contributed by atoms with Gasteiger partial charge in [-0.15, -0.1) is 0 Å². The van der Waals surface area contributed by atoms with Crippen molar-refractivity contribution in [2.45, 2.75) is 6.54 Å². The molecule has 18 heavy (non-hydrogen) atoms. The van der Waals surface area contributed by atoms with Crippen LogP contribution in [0.4, 0.5) is 0 Å². The number of nitrogens with one attached hydrogen (secondary N) is 1. The highest BCUT2D eigenvalue weighted by atomic mass is 16.3. The normalized spacial score (nSPS) is 11.2. The van der Waals surface area contributed by atoms with Crippen molar-refractivity contribution in [1.29, 1.82) is 0 Å². The van der Waals surface area contributed by atoms with Crippen LogP contribution in [0.3, 0.4) is 0 Å². The fourth-order valence-corrected chi connectivity index (χ4v) is 2.16. The Labute approximate surface area is 105 Å². The molecule has 2 heterocycles. The largest absolute Gasteiger partial charge is 0.464 e. The number of nitrogens with zero attached hydrogens (tertiary/aromatic N) is 2. The molecule has 92 valence electrons. The lowest BCUT2D eigenvalue weighted by Crippen LogP contribution is -2.09. The van der Waals surface area contributed by atoms with Gasteiger partial charge in [0.1, 0.15) is 11.8 Å². The molecule has 0 fully saturated rings. The van der Waals surface area contributed by atoms with Gasteiger partial charge in [-0.05, 0) is 19.2 Å². The maximum absolute atomic E-state index is 5.55. The van der Waals surface area contributed by atoms with Crippen molar-refractivity contribution >= 4 is 11.0 Å². The number of furan rings is 1. The van der Waals surface area contributed by atoms with E-state index in [1.807, 2.05) is 37.0 Å². The van der Waals surface area contributed by atoms with E-state index in [0.717, 1.165) is 34.5 Å². The lowest BCUT2D eigenvalue weighted by Gasteiger charge is -1.97. The van der Waals surface area contributed by atoms with Crippen LogP contribution in [-0.2, 0) is 13.6 Å². The van der Waals surface area contributed by atoms with Crippen LogP contribution in [0.15, 0.2) is 41.0 Å². The molecule has 3 aromatic rings. The first-order chi connectivity index (χ1) is 8.79. The van der Waals surface area contributed by atoms with Gasteiger partial charge in [-0.1, -0.05) is 18.2 Å². The van der Waals surface area contributed by atoms with Crippen molar-refractivity contribution in [2.75, 3.05) is 7.05 Å². The van der Waals surface area contributed by atoms with E-state index in [-0.39, 0.29) is 0 Å². The third-order valence-corrected chi connectivity index (χ3v) is 3.09. The summed E-state index contributed by atoms with van der Waals surface area (Å²) in [5, 5.41) is 8.78. The second kappa shape index (κ2) is 4.31. The maximum atomic E-state index is 5.55. The van der Waals surface area contributed by atoms with Gasteiger partial charge >= 0.3 is 0 Å². The lowest BCUT2D eigenvalue weighted by atomic mass is 10.1. The van der Waals surface area contributed by atoms with E-state index < -0.39 is 0 Å². The third-order valence-electron chi connectivity index (χ3n) is 3.09. The standard InChI is InChI=1S/C14H15N3O/c1-15-8-10-7-13(16-17(10)2)12-9-18-14-6-4-3-5-11(12)14/h3-7,9,15H,8H2,1-2H3. The number of fused-ring (bicyclic) bond motifs is 1. The molecule has 0 saturated carbocycles. The Morgan fingerprint density at radius 3 is 3.00 bits per heavy atom. The van der Waals surface area contributed by atoms with Crippen LogP contribution in [0.2, 0.25) is 0 Å². The van der Waals surface area contributed by atoms with Gasteiger partial charge in [0.25, 0.3) is 0 Å². The zero-order valence-corrected chi connectivity index (χ0v) is 10.5. The summed E-state index contributed by atoms with van der Waals surface area (Å²) in [5.74, 6) is 0. The van der Waals surface area contributed by atoms with Gasteiger partial charge < -0.3 is 9.73 Å². The molecule has 4 heteroatoms.